The van der Waals surface area contributed by atoms with Crippen LogP contribution in [0.3, 0.4) is 0 Å². The highest BCUT2D eigenvalue weighted by Crippen LogP contribution is 2.16. The summed E-state index contributed by atoms with van der Waals surface area (Å²) in [4.78, 5) is 12.0. The fourth-order valence-corrected chi connectivity index (χ4v) is 1.96. The first-order valence-corrected chi connectivity index (χ1v) is 6.62. The van der Waals surface area contributed by atoms with Crippen molar-refractivity contribution in [3.63, 3.8) is 0 Å². The molecule has 1 aromatic carbocycles. The Bertz CT molecular complexity index is 390. The minimum Gasteiger partial charge on any atom is -0.349 e. The van der Waals surface area contributed by atoms with Gasteiger partial charge in [0.25, 0.3) is 0 Å². The summed E-state index contributed by atoms with van der Waals surface area (Å²) in [6, 6.07) is 8.21. The van der Waals surface area contributed by atoms with Crippen LogP contribution < -0.4 is 10.6 Å². The summed E-state index contributed by atoms with van der Waals surface area (Å²) in [5.74, 6) is 0.100. The second-order valence-electron chi connectivity index (χ2n) is 4.80. The molecule has 0 aliphatic heterocycles. The molecule has 0 fully saturated rings. The molecule has 3 nitrogen and oxygen atoms in total. The zero-order valence-electron chi connectivity index (χ0n) is 11.8. The van der Waals surface area contributed by atoms with E-state index in [2.05, 4.69) is 29.7 Å². The van der Waals surface area contributed by atoms with Crippen LogP contribution in [0.25, 0.3) is 0 Å². The van der Waals surface area contributed by atoms with Gasteiger partial charge >= 0.3 is 0 Å². The normalized spacial score (nSPS) is 14.0. The minimum absolute atomic E-state index is 0.00332. The first kappa shape index (κ1) is 14.7. The van der Waals surface area contributed by atoms with Gasteiger partial charge in [0.15, 0.2) is 0 Å². The number of hydrogen-bond acceptors (Lipinski definition) is 2. The van der Waals surface area contributed by atoms with Crippen molar-refractivity contribution in [2.45, 2.75) is 33.7 Å². The smallest absolute Gasteiger partial charge is 0.224 e. The molecule has 0 saturated carbocycles. The lowest BCUT2D eigenvalue weighted by Crippen LogP contribution is -2.36. The van der Waals surface area contributed by atoms with Gasteiger partial charge in [0.05, 0.1) is 6.04 Å². The predicted octanol–water partition coefficient (Wildman–Crippen LogP) is 2.42. The highest BCUT2D eigenvalue weighted by molar-refractivity contribution is 5.79. The van der Waals surface area contributed by atoms with Crippen LogP contribution in [0.2, 0.25) is 0 Å². The maximum atomic E-state index is 12.0. The van der Waals surface area contributed by atoms with Gasteiger partial charge in [0, 0.05) is 12.5 Å². The maximum absolute atomic E-state index is 12.0. The standard InChI is InChI=1S/C15H24N2O/c1-5-16-10-12(3)15(18)17-13(4)14-9-7-6-8-11(14)2/h6-9,12-13,16H,5,10H2,1-4H3,(H,17,18)/t12?,13-/m1/s1. The molecule has 1 rings (SSSR count). The molecule has 18 heavy (non-hydrogen) atoms. The third-order valence-corrected chi connectivity index (χ3v) is 3.16. The van der Waals surface area contributed by atoms with Crippen molar-refractivity contribution in [3.05, 3.63) is 35.4 Å². The van der Waals surface area contributed by atoms with Gasteiger partial charge < -0.3 is 10.6 Å². The Balaban J connectivity index is 2.57. The number of amides is 1. The van der Waals surface area contributed by atoms with Crippen LogP contribution in [-0.4, -0.2) is 19.0 Å². The molecule has 1 aromatic rings. The first-order chi connectivity index (χ1) is 8.56. The molecule has 2 atom stereocenters. The van der Waals surface area contributed by atoms with Crippen molar-refractivity contribution >= 4 is 5.91 Å². The highest BCUT2D eigenvalue weighted by Gasteiger charge is 2.16. The molecular formula is C15H24N2O. The number of aryl methyl sites for hydroxylation is 1. The van der Waals surface area contributed by atoms with Gasteiger partial charge in [-0.05, 0) is 31.5 Å². The van der Waals surface area contributed by atoms with Crippen molar-refractivity contribution in [2.24, 2.45) is 5.92 Å². The van der Waals surface area contributed by atoms with Crippen LogP contribution in [0.1, 0.15) is 37.9 Å². The van der Waals surface area contributed by atoms with Crippen LogP contribution in [-0.2, 0) is 4.79 Å². The van der Waals surface area contributed by atoms with Crippen molar-refractivity contribution in [1.29, 1.82) is 0 Å². The van der Waals surface area contributed by atoms with Gasteiger partial charge in [0.2, 0.25) is 5.91 Å². The van der Waals surface area contributed by atoms with Crippen molar-refractivity contribution in [2.75, 3.05) is 13.1 Å². The number of carbonyl (C=O) groups excluding carboxylic acids is 1. The Morgan fingerprint density at radius 2 is 1.94 bits per heavy atom. The molecule has 0 aliphatic carbocycles. The van der Waals surface area contributed by atoms with E-state index in [-0.39, 0.29) is 17.9 Å². The molecule has 0 saturated heterocycles. The van der Waals surface area contributed by atoms with Gasteiger partial charge in [0.1, 0.15) is 0 Å². The topological polar surface area (TPSA) is 41.1 Å². The summed E-state index contributed by atoms with van der Waals surface area (Å²) >= 11 is 0. The summed E-state index contributed by atoms with van der Waals surface area (Å²) in [6.45, 7) is 9.71. The number of hydrogen-bond donors (Lipinski definition) is 2. The van der Waals surface area contributed by atoms with E-state index in [0.717, 1.165) is 13.1 Å². The van der Waals surface area contributed by atoms with E-state index in [4.69, 9.17) is 0 Å². The van der Waals surface area contributed by atoms with Gasteiger partial charge in [-0.3, -0.25) is 4.79 Å². The molecule has 1 amide bonds. The summed E-state index contributed by atoms with van der Waals surface area (Å²) < 4.78 is 0. The number of carbonyl (C=O) groups is 1. The Kier molecular flexibility index (Phi) is 5.86. The molecule has 1 unspecified atom stereocenters. The Morgan fingerprint density at radius 3 is 2.56 bits per heavy atom. The maximum Gasteiger partial charge on any atom is 0.224 e. The molecule has 0 heterocycles. The molecular weight excluding hydrogens is 224 g/mol. The SMILES string of the molecule is CCNCC(C)C(=O)N[C@H](C)c1ccccc1C. The van der Waals surface area contributed by atoms with Crippen LogP contribution >= 0.6 is 0 Å². The average molecular weight is 248 g/mol. The van der Waals surface area contributed by atoms with E-state index in [9.17, 15) is 4.79 Å². The summed E-state index contributed by atoms with van der Waals surface area (Å²) in [7, 11) is 0. The third kappa shape index (κ3) is 4.15. The van der Waals surface area contributed by atoms with Crippen LogP contribution in [0, 0.1) is 12.8 Å². The van der Waals surface area contributed by atoms with Gasteiger partial charge in [-0.2, -0.15) is 0 Å². The van der Waals surface area contributed by atoms with Gasteiger partial charge in [-0.15, -0.1) is 0 Å². The Hall–Kier alpha value is -1.35. The molecule has 3 heteroatoms. The van der Waals surface area contributed by atoms with Gasteiger partial charge in [-0.25, -0.2) is 0 Å². The van der Waals surface area contributed by atoms with Gasteiger partial charge in [-0.1, -0.05) is 38.1 Å². The van der Waals surface area contributed by atoms with Crippen molar-refractivity contribution in [1.82, 2.24) is 10.6 Å². The van der Waals surface area contributed by atoms with Crippen LogP contribution in [0.5, 0.6) is 0 Å². The average Bonchev–Trinajstić information content (AvgIpc) is 2.36. The fraction of sp³-hybridized carbons (Fsp3) is 0.533. The van der Waals surface area contributed by atoms with Crippen LogP contribution in [0.4, 0.5) is 0 Å². The van der Waals surface area contributed by atoms with E-state index in [1.807, 2.05) is 32.9 Å². The summed E-state index contributed by atoms with van der Waals surface area (Å²) in [6.07, 6.45) is 0. The number of benzene rings is 1. The minimum atomic E-state index is -0.00332. The number of rotatable bonds is 6. The van der Waals surface area contributed by atoms with E-state index in [0.29, 0.717) is 0 Å². The quantitative estimate of drug-likeness (QED) is 0.811. The molecule has 2 N–H and O–H groups in total. The molecule has 100 valence electrons. The monoisotopic (exact) mass is 248 g/mol. The second kappa shape index (κ2) is 7.17. The number of nitrogens with one attached hydrogen (secondary N) is 2. The lowest BCUT2D eigenvalue weighted by molar-refractivity contribution is -0.125. The summed E-state index contributed by atoms with van der Waals surface area (Å²) in [5.41, 5.74) is 2.39. The van der Waals surface area contributed by atoms with E-state index in [1.165, 1.54) is 11.1 Å². The van der Waals surface area contributed by atoms with E-state index in [1.54, 1.807) is 0 Å². The zero-order chi connectivity index (χ0) is 13.5. The zero-order valence-corrected chi connectivity index (χ0v) is 11.8. The predicted molar refractivity (Wildman–Crippen MR) is 75.4 cm³/mol. The lowest BCUT2D eigenvalue weighted by atomic mass is 10.0. The van der Waals surface area contributed by atoms with Crippen molar-refractivity contribution in [3.8, 4) is 0 Å². The van der Waals surface area contributed by atoms with E-state index >= 15 is 0 Å². The Labute approximate surface area is 110 Å². The lowest BCUT2D eigenvalue weighted by Gasteiger charge is -2.19. The summed E-state index contributed by atoms with van der Waals surface area (Å²) in [5, 5.41) is 6.26. The van der Waals surface area contributed by atoms with Crippen molar-refractivity contribution < 1.29 is 4.79 Å². The molecule has 0 aromatic heterocycles. The molecule has 0 aliphatic rings. The van der Waals surface area contributed by atoms with E-state index < -0.39 is 0 Å². The highest BCUT2D eigenvalue weighted by atomic mass is 16.1. The fourth-order valence-electron chi connectivity index (χ4n) is 1.96. The first-order valence-electron chi connectivity index (χ1n) is 6.62. The Morgan fingerprint density at radius 1 is 1.28 bits per heavy atom. The molecule has 0 bridgehead atoms. The second-order valence-corrected chi connectivity index (χ2v) is 4.80. The molecule has 0 radical (unpaired) electrons. The largest absolute Gasteiger partial charge is 0.349 e. The molecule has 0 spiro atoms. The third-order valence-electron chi connectivity index (χ3n) is 3.16. The van der Waals surface area contributed by atoms with Crippen LogP contribution in [0.15, 0.2) is 24.3 Å².